The summed E-state index contributed by atoms with van der Waals surface area (Å²) in [6.07, 6.45) is 8.16. The molecule has 0 amide bonds. The molecule has 3 aromatic rings. The summed E-state index contributed by atoms with van der Waals surface area (Å²) in [6, 6.07) is 9.65. The van der Waals surface area contributed by atoms with Gasteiger partial charge in [-0.3, -0.25) is 4.79 Å². The Hall–Kier alpha value is -3.69. The Kier molecular flexibility index (Phi) is 12.4. The second-order valence-corrected chi connectivity index (χ2v) is 11.9. The fourth-order valence-corrected chi connectivity index (χ4v) is 5.69. The van der Waals surface area contributed by atoms with Gasteiger partial charge in [0, 0.05) is 17.5 Å². The highest BCUT2D eigenvalue weighted by molar-refractivity contribution is 5.75. The molecule has 1 saturated carbocycles. The number of benzene rings is 3. The monoisotopic (exact) mass is 650 g/mol. The molecule has 4 rings (SSSR count). The number of rotatable bonds is 15. The average Bonchev–Trinajstić information content (AvgIpc) is 3.04. The molecule has 0 N–H and O–H groups in total. The van der Waals surface area contributed by atoms with E-state index >= 15 is 0 Å². The van der Waals surface area contributed by atoms with Crippen LogP contribution >= 0.6 is 0 Å². The molecule has 4 nitrogen and oxygen atoms in total. The summed E-state index contributed by atoms with van der Waals surface area (Å²) in [7, 11) is 0. The van der Waals surface area contributed by atoms with Gasteiger partial charge in [0.05, 0.1) is 12.5 Å². The summed E-state index contributed by atoms with van der Waals surface area (Å²) in [4.78, 5) is 12.6. The molecule has 3 aromatic carbocycles. The van der Waals surface area contributed by atoms with Crippen molar-refractivity contribution in [2.45, 2.75) is 84.0 Å². The lowest BCUT2D eigenvalue weighted by Crippen LogP contribution is -2.28. The third-order valence-electron chi connectivity index (χ3n) is 8.29. The van der Waals surface area contributed by atoms with Gasteiger partial charge in [0.2, 0.25) is 11.6 Å². The zero-order valence-corrected chi connectivity index (χ0v) is 26.2. The Morgan fingerprint density at radius 2 is 1.33 bits per heavy atom. The molecule has 1 fully saturated rings. The molecule has 0 radical (unpaired) electrons. The van der Waals surface area contributed by atoms with Crippen LogP contribution in [-0.4, -0.2) is 25.1 Å². The van der Waals surface area contributed by atoms with Crippen molar-refractivity contribution < 1.29 is 45.3 Å². The molecule has 1 aliphatic carbocycles. The third kappa shape index (κ3) is 9.19. The van der Waals surface area contributed by atoms with Crippen LogP contribution < -0.4 is 14.2 Å². The molecule has 1 aliphatic rings. The smallest absolute Gasteiger partial charge is 0.314 e. The summed E-state index contributed by atoms with van der Waals surface area (Å²) < 4.78 is 104. The fraction of sp³-hybridized carbons (Fsp3) is 0.472. The number of unbranched alkanes of at least 4 members (excludes halogenated alkanes) is 2. The lowest BCUT2D eigenvalue weighted by atomic mass is 9.80. The summed E-state index contributed by atoms with van der Waals surface area (Å²) in [5.74, 6) is -10.2. The largest absolute Gasteiger partial charge is 0.490 e. The summed E-state index contributed by atoms with van der Waals surface area (Å²) in [5.41, 5.74) is -0.952. The van der Waals surface area contributed by atoms with Crippen molar-refractivity contribution in [1.29, 1.82) is 0 Å². The lowest BCUT2D eigenvalue weighted by Gasteiger charge is -2.27. The first-order valence-corrected chi connectivity index (χ1v) is 15.9. The second-order valence-electron chi connectivity index (χ2n) is 11.9. The Labute approximate surface area is 266 Å². The van der Waals surface area contributed by atoms with E-state index < -0.39 is 59.1 Å². The van der Waals surface area contributed by atoms with Crippen LogP contribution in [0.25, 0.3) is 11.1 Å². The van der Waals surface area contributed by atoms with Crippen molar-refractivity contribution in [3.8, 4) is 28.4 Å². The van der Waals surface area contributed by atoms with Crippen LogP contribution in [0, 0.1) is 35.1 Å². The van der Waals surface area contributed by atoms with Gasteiger partial charge >= 0.3 is 5.97 Å². The summed E-state index contributed by atoms with van der Waals surface area (Å²) >= 11 is 0. The van der Waals surface area contributed by atoms with Crippen LogP contribution in [-0.2, 0) is 11.2 Å². The number of hydrogen-bond donors (Lipinski definition) is 0. The van der Waals surface area contributed by atoms with Crippen molar-refractivity contribution in [3.05, 3.63) is 77.4 Å². The van der Waals surface area contributed by atoms with Crippen LogP contribution in [0.4, 0.5) is 26.3 Å². The minimum atomic E-state index is -3.47. The molecular weight excluding hydrogens is 610 g/mol. The summed E-state index contributed by atoms with van der Waals surface area (Å²) in [5, 5.41) is 0. The molecule has 46 heavy (non-hydrogen) atoms. The maximum atomic E-state index is 14.9. The van der Waals surface area contributed by atoms with E-state index in [0.29, 0.717) is 12.3 Å². The Bertz CT molecular complexity index is 1450. The van der Waals surface area contributed by atoms with Crippen molar-refractivity contribution in [2.75, 3.05) is 13.2 Å². The normalized spacial score (nSPS) is 16.7. The van der Waals surface area contributed by atoms with Gasteiger partial charge in [-0.25, -0.2) is 17.6 Å². The zero-order valence-electron chi connectivity index (χ0n) is 26.2. The van der Waals surface area contributed by atoms with E-state index in [1.54, 1.807) is 6.92 Å². The molecule has 0 heterocycles. The molecular formula is C36H40F6O4. The van der Waals surface area contributed by atoms with Gasteiger partial charge in [-0.15, -0.1) is 0 Å². The minimum absolute atomic E-state index is 0.135. The molecule has 10 heteroatoms. The van der Waals surface area contributed by atoms with Gasteiger partial charge in [-0.2, -0.15) is 8.78 Å². The van der Waals surface area contributed by atoms with E-state index in [1.807, 2.05) is 0 Å². The van der Waals surface area contributed by atoms with Gasteiger partial charge in [-0.05, 0) is 80.0 Å². The minimum Gasteiger partial charge on any atom is -0.490 e. The van der Waals surface area contributed by atoms with Gasteiger partial charge < -0.3 is 14.2 Å². The molecule has 0 spiro atoms. The van der Waals surface area contributed by atoms with Gasteiger partial charge in [0.15, 0.2) is 29.7 Å². The number of halogens is 6. The van der Waals surface area contributed by atoms with Crippen molar-refractivity contribution in [1.82, 2.24) is 0 Å². The average molecular weight is 651 g/mol. The highest BCUT2D eigenvalue weighted by atomic mass is 19.3. The number of hydrogen-bond acceptors (Lipinski definition) is 4. The predicted octanol–water partition coefficient (Wildman–Crippen LogP) is 10.2. The first kappa shape index (κ1) is 35.2. The number of ether oxygens (including phenoxy) is 3. The fourth-order valence-electron chi connectivity index (χ4n) is 5.69. The van der Waals surface area contributed by atoms with Gasteiger partial charge in [-0.1, -0.05) is 51.7 Å². The first-order valence-electron chi connectivity index (χ1n) is 15.9. The van der Waals surface area contributed by atoms with Crippen molar-refractivity contribution in [3.63, 3.8) is 0 Å². The maximum absolute atomic E-state index is 14.9. The van der Waals surface area contributed by atoms with E-state index in [0.717, 1.165) is 49.9 Å². The standard InChI is InChI=1S/C36H40F6O4/c1-3-5-6-7-23-8-12-25(13-9-23)35(43)46-26-14-10-24(11-15-26)21-36(41,42)22-45-30-19-17-28(32(38)34(30)40)27-16-18-29(44-20-4-2)33(39)31(27)37/h10-11,14-19,23,25H,3-9,12-13,20-22H2,1-2H3. The predicted molar refractivity (Wildman–Crippen MR) is 163 cm³/mol. The van der Waals surface area contributed by atoms with Crippen LogP contribution in [0.2, 0.25) is 0 Å². The number of carbonyl (C=O) groups excluding carboxylic acids is 1. The van der Waals surface area contributed by atoms with Gasteiger partial charge in [0.25, 0.3) is 5.92 Å². The highest BCUT2D eigenvalue weighted by Gasteiger charge is 2.32. The Balaban J connectivity index is 1.30. The Morgan fingerprint density at radius 3 is 1.89 bits per heavy atom. The van der Waals surface area contributed by atoms with E-state index in [-0.39, 0.29) is 35.6 Å². The second kappa shape index (κ2) is 16.2. The molecule has 250 valence electrons. The van der Waals surface area contributed by atoms with Gasteiger partial charge in [0.1, 0.15) is 5.75 Å². The lowest BCUT2D eigenvalue weighted by molar-refractivity contribution is -0.140. The van der Waals surface area contributed by atoms with E-state index in [2.05, 4.69) is 6.92 Å². The SMILES string of the molecule is CCCCCC1CCC(C(=O)Oc2ccc(CC(F)(F)COc3ccc(-c4ccc(OCCC)c(F)c4F)c(F)c3F)cc2)CC1. The molecule has 0 unspecified atom stereocenters. The van der Waals surface area contributed by atoms with Crippen LogP contribution in [0.3, 0.4) is 0 Å². The first-order chi connectivity index (χ1) is 22.0. The number of esters is 1. The summed E-state index contributed by atoms with van der Waals surface area (Å²) in [6.45, 7) is 2.82. The van der Waals surface area contributed by atoms with Crippen LogP contribution in [0.1, 0.15) is 77.2 Å². The highest BCUT2D eigenvalue weighted by Crippen LogP contribution is 2.36. The van der Waals surface area contributed by atoms with Crippen LogP contribution in [0.5, 0.6) is 17.2 Å². The molecule has 0 atom stereocenters. The van der Waals surface area contributed by atoms with Crippen molar-refractivity contribution >= 4 is 5.97 Å². The van der Waals surface area contributed by atoms with Crippen LogP contribution in [0.15, 0.2) is 48.5 Å². The quantitative estimate of drug-likeness (QED) is 0.0711. The maximum Gasteiger partial charge on any atom is 0.314 e. The molecule has 0 aliphatic heterocycles. The Morgan fingerprint density at radius 1 is 0.739 bits per heavy atom. The molecule has 0 aromatic heterocycles. The number of carbonyl (C=O) groups is 1. The zero-order chi connectivity index (χ0) is 33.3. The molecule has 0 bridgehead atoms. The van der Waals surface area contributed by atoms with E-state index in [1.165, 1.54) is 49.9 Å². The van der Waals surface area contributed by atoms with E-state index in [4.69, 9.17) is 14.2 Å². The third-order valence-corrected chi connectivity index (χ3v) is 8.29. The van der Waals surface area contributed by atoms with Crippen molar-refractivity contribution in [2.24, 2.45) is 11.8 Å². The topological polar surface area (TPSA) is 44.8 Å². The molecule has 0 saturated heterocycles. The van der Waals surface area contributed by atoms with E-state index in [9.17, 15) is 31.1 Å². The number of alkyl halides is 2.